The largest absolute Gasteiger partial charge is 0.444 e. The molecule has 0 aliphatic carbocycles. The van der Waals surface area contributed by atoms with Crippen LogP contribution in [0.3, 0.4) is 0 Å². The Morgan fingerprint density at radius 3 is 2.08 bits per heavy atom. The van der Waals surface area contributed by atoms with E-state index < -0.39 is 47.6 Å². The molecule has 3 rings (SSSR count). The van der Waals surface area contributed by atoms with Crippen LogP contribution in [0.4, 0.5) is 4.79 Å². The molecule has 2 bridgehead atoms. The van der Waals surface area contributed by atoms with E-state index in [2.05, 4.69) is 5.32 Å². The van der Waals surface area contributed by atoms with Crippen molar-refractivity contribution in [3.8, 4) is 0 Å². The van der Waals surface area contributed by atoms with Crippen LogP contribution in [0.1, 0.15) is 41.0 Å². The minimum absolute atomic E-state index is 0.00973. The first kappa shape index (κ1) is 29.5. The molecule has 0 aromatic carbocycles. The Hall–Kier alpha value is -1.09. The molecule has 0 saturated carbocycles. The maximum Gasteiger partial charge on any atom is 0.408 e. The van der Waals surface area contributed by atoms with Crippen LogP contribution in [-0.2, 0) is 42.6 Å². The number of amides is 1. The van der Waals surface area contributed by atoms with Gasteiger partial charge in [0.25, 0.3) is 0 Å². The lowest BCUT2D eigenvalue weighted by Gasteiger charge is -2.42. The van der Waals surface area contributed by atoms with Gasteiger partial charge in [0.1, 0.15) is 29.5 Å². The van der Waals surface area contributed by atoms with Gasteiger partial charge in [0.2, 0.25) is 0 Å². The lowest BCUT2D eigenvalue weighted by molar-refractivity contribution is -0.201. The summed E-state index contributed by atoms with van der Waals surface area (Å²) >= 11 is 0. The molecule has 0 spiro atoms. The highest BCUT2D eigenvalue weighted by molar-refractivity contribution is 5.68. The van der Waals surface area contributed by atoms with E-state index in [0.717, 1.165) is 0 Å². The lowest BCUT2D eigenvalue weighted by atomic mass is 9.85. The number of nitrogens with one attached hydrogen (secondary N) is 1. The highest BCUT2D eigenvalue weighted by atomic mass is 16.8. The van der Waals surface area contributed by atoms with Crippen molar-refractivity contribution in [1.82, 2.24) is 5.32 Å². The predicted molar refractivity (Wildman–Crippen MR) is 126 cm³/mol. The third-order valence-corrected chi connectivity index (χ3v) is 5.84. The van der Waals surface area contributed by atoms with Crippen molar-refractivity contribution < 1.29 is 52.5 Å². The van der Waals surface area contributed by atoms with Crippen LogP contribution in [0.5, 0.6) is 0 Å². The van der Waals surface area contributed by atoms with E-state index >= 15 is 0 Å². The van der Waals surface area contributed by atoms with Crippen LogP contribution in [0.2, 0.25) is 0 Å². The van der Waals surface area contributed by atoms with Gasteiger partial charge >= 0.3 is 6.09 Å². The summed E-state index contributed by atoms with van der Waals surface area (Å²) in [4.78, 5) is 12.4. The molecule has 3 heterocycles. The zero-order chi connectivity index (χ0) is 26.2. The monoisotopic (exact) mass is 521 g/mol. The zero-order valence-electron chi connectivity index (χ0n) is 22.1. The van der Waals surface area contributed by atoms with E-state index in [1.165, 1.54) is 0 Å². The van der Waals surface area contributed by atoms with Crippen LogP contribution >= 0.6 is 0 Å². The summed E-state index contributed by atoms with van der Waals surface area (Å²) in [6, 6.07) is -0.569. The van der Waals surface area contributed by atoms with Gasteiger partial charge in [-0.05, 0) is 34.6 Å². The highest BCUT2D eigenvalue weighted by Crippen LogP contribution is 2.47. The Bertz CT molecular complexity index is 685. The smallest absolute Gasteiger partial charge is 0.408 e. The van der Waals surface area contributed by atoms with E-state index in [-0.39, 0.29) is 6.61 Å². The summed E-state index contributed by atoms with van der Waals surface area (Å²) in [7, 11) is 0. The minimum Gasteiger partial charge on any atom is -0.444 e. The number of carbonyl (C=O) groups is 1. The number of hydrogen-bond acceptors (Lipinski definition) is 11. The summed E-state index contributed by atoms with van der Waals surface area (Å²) < 4.78 is 51.8. The number of fused-ring (bicyclic) bond motifs is 4. The summed E-state index contributed by atoms with van der Waals surface area (Å²) in [6.45, 7) is 12.9. The zero-order valence-corrected chi connectivity index (χ0v) is 22.1. The van der Waals surface area contributed by atoms with E-state index in [9.17, 15) is 4.79 Å². The average molecular weight is 522 g/mol. The third kappa shape index (κ3) is 8.47. The number of alkyl carbamates (subject to hydrolysis) is 1. The highest BCUT2D eigenvalue weighted by Gasteiger charge is 2.65. The van der Waals surface area contributed by atoms with Crippen molar-refractivity contribution >= 4 is 6.09 Å². The fourth-order valence-electron chi connectivity index (χ4n) is 4.40. The molecule has 0 unspecified atom stereocenters. The number of aliphatic hydroxyl groups is 1. The molecule has 0 radical (unpaired) electrons. The number of aliphatic hydroxyl groups excluding tert-OH is 1. The Labute approximate surface area is 213 Å². The molecule has 0 aromatic rings. The van der Waals surface area contributed by atoms with Gasteiger partial charge in [0.15, 0.2) is 12.1 Å². The minimum atomic E-state index is -0.828. The fraction of sp³-hybridized carbons (Fsp3) is 0.958. The van der Waals surface area contributed by atoms with Gasteiger partial charge in [0.05, 0.1) is 59.5 Å². The topological polar surface area (TPSA) is 132 Å². The van der Waals surface area contributed by atoms with Crippen LogP contribution in [-0.4, -0.2) is 119 Å². The maximum absolute atomic E-state index is 12.4. The normalized spacial score (nSPS) is 30.8. The molecule has 36 heavy (non-hydrogen) atoms. The maximum atomic E-state index is 12.4. The first-order chi connectivity index (χ1) is 17.1. The van der Waals surface area contributed by atoms with Gasteiger partial charge in [-0.25, -0.2) is 4.79 Å². The molecule has 3 aliphatic rings. The molecule has 0 aromatic heterocycles. The Morgan fingerprint density at radius 2 is 1.50 bits per heavy atom. The van der Waals surface area contributed by atoms with E-state index in [1.54, 1.807) is 20.8 Å². The molecule has 1 amide bonds. The number of ether oxygens (including phenoxy) is 9. The number of hydrogen-bond donors (Lipinski definition) is 2. The molecule has 2 N–H and O–H groups in total. The van der Waals surface area contributed by atoms with Gasteiger partial charge in [-0.15, -0.1) is 0 Å². The van der Waals surface area contributed by atoms with Gasteiger partial charge in [-0.3, -0.25) is 0 Å². The molecule has 5 atom stereocenters. The summed E-state index contributed by atoms with van der Waals surface area (Å²) in [5.74, 6) is -0.828. The van der Waals surface area contributed by atoms with Crippen molar-refractivity contribution in [1.29, 1.82) is 0 Å². The molecule has 210 valence electrons. The Balaban J connectivity index is 1.39. The summed E-state index contributed by atoms with van der Waals surface area (Å²) in [6.07, 6.45) is -1.58. The number of rotatable bonds is 15. The molecule has 12 heteroatoms. The van der Waals surface area contributed by atoms with Crippen LogP contribution < -0.4 is 5.32 Å². The molecular formula is C24H43NO11. The second-order valence-corrected chi connectivity index (χ2v) is 10.5. The Morgan fingerprint density at radius 1 is 0.917 bits per heavy atom. The van der Waals surface area contributed by atoms with Crippen molar-refractivity contribution in [2.75, 3.05) is 66.1 Å². The van der Waals surface area contributed by atoms with Gasteiger partial charge in [-0.1, -0.05) is 0 Å². The average Bonchev–Trinajstić information content (AvgIpc) is 3.33. The van der Waals surface area contributed by atoms with Crippen LogP contribution in [0.25, 0.3) is 0 Å². The van der Waals surface area contributed by atoms with Crippen molar-refractivity contribution in [3.05, 3.63) is 0 Å². The summed E-state index contributed by atoms with van der Waals surface area (Å²) in [5, 5.41) is 11.5. The first-order valence-corrected chi connectivity index (χ1v) is 12.6. The van der Waals surface area contributed by atoms with Crippen LogP contribution in [0, 0.1) is 0 Å². The van der Waals surface area contributed by atoms with E-state index in [4.69, 9.17) is 47.7 Å². The number of carbonyl (C=O) groups excluding carboxylic acids is 1. The predicted octanol–water partition coefficient (Wildman–Crippen LogP) is 0.974. The molecular weight excluding hydrogens is 478 g/mol. The second-order valence-electron chi connectivity index (χ2n) is 10.5. The standard InChI is InChI=1S/C24H43NO11/c1-22(2,3)36-21(27)25-17-18-19(34-23(4,5)33-18)24(16-32-20(17)35-24)6-8-28-10-12-30-14-15-31-13-11-29-9-7-26/h17-20,26H,6-16H2,1-5H3,(H,25,27)/t17-,18-,19-,20+,24+/m1/s1. The molecule has 3 fully saturated rings. The van der Waals surface area contributed by atoms with Gasteiger partial charge in [0, 0.05) is 13.0 Å². The van der Waals surface area contributed by atoms with Crippen molar-refractivity contribution in [2.24, 2.45) is 0 Å². The Kier molecular flexibility index (Phi) is 10.7. The van der Waals surface area contributed by atoms with Crippen molar-refractivity contribution in [3.63, 3.8) is 0 Å². The lowest BCUT2D eigenvalue weighted by Crippen LogP contribution is -2.64. The molecule has 3 saturated heterocycles. The van der Waals surface area contributed by atoms with E-state index in [1.807, 2.05) is 13.8 Å². The van der Waals surface area contributed by atoms with Crippen molar-refractivity contribution in [2.45, 2.75) is 82.6 Å². The van der Waals surface area contributed by atoms with E-state index in [0.29, 0.717) is 65.9 Å². The second kappa shape index (κ2) is 13.1. The van der Waals surface area contributed by atoms with Gasteiger partial charge in [-0.2, -0.15) is 0 Å². The first-order valence-electron chi connectivity index (χ1n) is 12.6. The third-order valence-electron chi connectivity index (χ3n) is 5.84. The molecule has 12 nitrogen and oxygen atoms in total. The fourth-order valence-corrected chi connectivity index (χ4v) is 4.40. The SMILES string of the molecule is CC(C)(C)OC(=O)N[C@H]1[C@H]2OC[C@](CCOCCOCCOCCOCCO)(O2)[C@@H]2OC(C)(C)O[C@H]12. The summed E-state index contributed by atoms with van der Waals surface area (Å²) in [5.41, 5.74) is -1.36. The van der Waals surface area contributed by atoms with Gasteiger partial charge < -0.3 is 53.1 Å². The van der Waals surface area contributed by atoms with Crippen LogP contribution in [0.15, 0.2) is 0 Å². The quantitative estimate of drug-likeness (QED) is 0.299. The molecule has 3 aliphatic heterocycles.